The molecule has 0 saturated heterocycles. The van der Waals surface area contributed by atoms with Crippen LogP contribution in [0.3, 0.4) is 0 Å². The van der Waals surface area contributed by atoms with Gasteiger partial charge < -0.3 is 10.1 Å². The number of hydrogen-bond acceptors (Lipinski definition) is 2. The third-order valence-electron chi connectivity index (χ3n) is 2.61. The Morgan fingerprint density at radius 1 is 1.21 bits per heavy atom. The minimum Gasteiger partial charge on any atom is -0.497 e. The SMILES string of the molecule is COc1cccc(CC(=O)Nc2cccc(Br)c2)c1. The van der Waals surface area contributed by atoms with Crippen LogP contribution >= 0.6 is 15.9 Å². The van der Waals surface area contributed by atoms with Crippen LogP contribution in [-0.4, -0.2) is 13.0 Å². The van der Waals surface area contributed by atoms with Gasteiger partial charge in [-0.1, -0.05) is 34.1 Å². The number of ether oxygens (including phenoxy) is 1. The Labute approximate surface area is 120 Å². The van der Waals surface area contributed by atoms with E-state index in [1.165, 1.54) is 0 Å². The minimum absolute atomic E-state index is 0.0497. The highest BCUT2D eigenvalue weighted by Crippen LogP contribution is 2.17. The molecule has 0 spiro atoms. The summed E-state index contributed by atoms with van der Waals surface area (Å²) < 4.78 is 6.07. The molecule has 0 atom stereocenters. The maximum Gasteiger partial charge on any atom is 0.228 e. The van der Waals surface area contributed by atoms with Crippen LogP contribution in [0, 0.1) is 0 Å². The van der Waals surface area contributed by atoms with Crippen LogP contribution in [0.5, 0.6) is 5.75 Å². The Bertz CT molecular complexity index is 584. The molecule has 0 aliphatic carbocycles. The zero-order valence-electron chi connectivity index (χ0n) is 10.5. The first-order valence-electron chi connectivity index (χ1n) is 5.86. The topological polar surface area (TPSA) is 38.3 Å². The van der Waals surface area contributed by atoms with Gasteiger partial charge in [-0.2, -0.15) is 0 Å². The first-order chi connectivity index (χ1) is 9.17. The van der Waals surface area contributed by atoms with Gasteiger partial charge in [0.1, 0.15) is 5.75 Å². The standard InChI is InChI=1S/C15H14BrNO2/c1-19-14-7-2-4-11(8-14)9-15(18)17-13-6-3-5-12(16)10-13/h2-8,10H,9H2,1H3,(H,17,18). The number of carbonyl (C=O) groups excluding carboxylic acids is 1. The van der Waals surface area contributed by atoms with E-state index in [0.717, 1.165) is 21.5 Å². The molecule has 19 heavy (non-hydrogen) atoms. The van der Waals surface area contributed by atoms with Crippen LogP contribution in [0.2, 0.25) is 0 Å². The molecule has 0 unspecified atom stereocenters. The van der Waals surface area contributed by atoms with E-state index in [0.29, 0.717) is 6.42 Å². The van der Waals surface area contributed by atoms with Crippen molar-refractivity contribution in [2.75, 3.05) is 12.4 Å². The number of halogens is 1. The number of benzene rings is 2. The average Bonchev–Trinajstić information content (AvgIpc) is 2.38. The summed E-state index contributed by atoms with van der Waals surface area (Å²) in [5.74, 6) is 0.708. The number of methoxy groups -OCH3 is 1. The summed E-state index contributed by atoms with van der Waals surface area (Å²) in [6.45, 7) is 0. The quantitative estimate of drug-likeness (QED) is 0.934. The van der Waals surface area contributed by atoms with Gasteiger partial charge in [0.2, 0.25) is 5.91 Å². The molecule has 0 aromatic heterocycles. The number of anilines is 1. The Morgan fingerprint density at radius 2 is 2.00 bits per heavy atom. The van der Waals surface area contributed by atoms with E-state index in [-0.39, 0.29) is 5.91 Å². The minimum atomic E-state index is -0.0497. The molecule has 3 nitrogen and oxygen atoms in total. The molecule has 2 aromatic rings. The molecular formula is C15H14BrNO2. The van der Waals surface area contributed by atoms with Crippen molar-refractivity contribution in [1.29, 1.82) is 0 Å². The largest absolute Gasteiger partial charge is 0.497 e. The Morgan fingerprint density at radius 3 is 2.74 bits per heavy atom. The number of rotatable bonds is 4. The van der Waals surface area contributed by atoms with Gasteiger partial charge in [0, 0.05) is 10.2 Å². The lowest BCUT2D eigenvalue weighted by Gasteiger charge is -2.07. The van der Waals surface area contributed by atoms with Gasteiger partial charge in [-0.25, -0.2) is 0 Å². The molecule has 1 amide bonds. The molecule has 0 aliphatic heterocycles. The fraction of sp³-hybridized carbons (Fsp3) is 0.133. The molecule has 0 radical (unpaired) electrons. The van der Waals surface area contributed by atoms with Crippen LogP contribution in [-0.2, 0) is 11.2 Å². The average molecular weight is 320 g/mol. The normalized spacial score (nSPS) is 10.0. The molecule has 2 aromatic carbocycles. The zero-order valence-corrected chi connectivity index (χ0v) is 12.1. The van der Waals surface area contributed by atoms with Crippen molar-refractivity contribution < 1.29 is 9.53 Å². The maximum atomic E-state index is 11.9. The smallest absolute Gasteiger partial charge is 0.228 e. The molecule has 0 fully saturated rings. The first kappa shape index (κ1) is 13.6. The Kier molecular flexibility index (Phi) is 4.58. The lowest BCUT2D eigenvalue weighted by molar-refractivity contribution is -0.115. The van der Waals surface area contributed by atoms with E-state index in [9.17, 15) is 4.79 Å². The predicted molar refractivity (Wildman–Crippen MR) is 79.5 cm³/mol. The third kappa shape index (κ3) is 4.10. The molecule has 0 heterocycles. The second kappa shape index (κ2) is 6.38. The summed E-state index contributed by atoms with van der Waals surface area (Å²) >= 11 is 3.37. The summed E-state index contributed by atoms with van der Waals surface area (Å²) in [7, 11) is 1.61. The van der Waals surface area contributed by atoms with Crippen molar-refractivity contribution in [2.24, 2.45) is 0 Å². The number of hydrogen-bond donors (Lipinski definition) is 1. The Hall–Kier alpha value is -1.81. The van der Waals surface area contributed by atoms with Crippen LogP contribution < -0.4 is 10.1 Å². The molecule has 4 heteroatoms. The van der Waals surface area contributed by atoms with Gasteiger partial charge in [0.05, 0.1) is 13.5 Å². The number of amides is 1. The molecule has 1 N–H and O–H groups in total. The van der Waals surface area contributed by atoms with Crippen LogP contribution in [0.4, 0.5) is 5.69 Å². The third-order valence-corrected chi connectivity index (χ3v) is 3.10. The summed E-state index contributed by atoms with van der Waals surface area (Å²) in [6.07, 6.45) is 0.323. The molecule has 0 aliphatic rings. The summed E-state index contributed by atoms with van der Waals surface area (Å²) in [6, 6.07) is 15.0. The zero-order chi connectivity index (χ0) is 13.7. The first-order valence-corrected chi connectivity index (χ1v) is 6.65. The van der Waals surface area contributed by atoms with E-state index in [1.54, 1.807) is 7.11 Å². The maximum absolute atomic E-state index is 11.9. The monoisotopic (exact) mass is 319 g/mol. The van der Waals surface area contributed by atoms with Crippen LogP contribution in [0.1, 0.15) is 5.56 Å². The number of carbonyl (C=O) groups is 1. The fourth-order valence-electron chi connectivity index (χ4n) is 1.74. The van der Waals surface area contributed by atoms with E-state index in [4.69, 9.17) is 4.74 Å². The number of nitrogens with one attached hydrogen (secondary N) is 1. The van der Waals surface area contributed by atoms with Gasteiger partial charge in [-0.15, -0.1) is 0 Å². The van der Waals surface area contributed by atoms with Gasteiger partial charge in [-0.05, 0) is 35.9 Å². The molecule has 2 rings (SSSR count). The van der Waals surface area contributed by atoms with Crippen molar-refractivity contribution >= 4 is 27.5 Å². The predicted octanol–water partition coefficient (Wildman–Crippen LogP) is 3.64. The summed E-state index contributed by atoms with van der Waals surface area (Å²) in [5, 5.41) is 2.86. The highest BCUT2D eigenvalue weighted by atomic mass is 79.9. The van der Waals surface area contributed by atoms with E-state index < -0.39 is 0 Å². The summed E-state index contributed by atoms with van der Waals surface area (Å²) in [4.78, 5) is 11.9. The van der Waals surface area contributed by atoms with Gasteiger partial charge in [-0.3, -0.25) is 4.79 Å². The summed E-state index contributed by atoms with van der Waals surface area (Å²) in [5.41, 5.74) is 1.70. The van der Waals surface area contributed by atoms with Gasteiger partial charge >= 0.3 is 0 Å². The van der Waals surface area contributed by atoms with Crippen molar-refractivity contribution in [3.63, 3.8) is 0 Å². The molecule has 98 valence electrons. The van der Waals surface area contributed by atoms with E-state index in [2.05, 4.69) is 21.2 Å². The fourth-order valence-corrected chi connectivity index (χ4v) is 2.14. The van der Waals surface area contributed by atoms with Gasteiger partial charge in [0.15, 0.2) is 0 Å². The van der Waals surface area contributed by atoms with Crippen molar-refractivity contribution in [3.05, 3.63) is 58.6 Å². The second-order valence-corrected chi connectivity index (χ2v) is 5.00. The molecular weight excluding hydrogens is 306 g/mol. The van der Waals surface area contributed by atoms with Crippen molar-refractivity contribution in [1.82, 2.24) is 0 Å². The van der Waals surface area contributed by atoms with Crippen molar-refractivity contribution in [3.8, 4) is 5.75 Å². The van der Waals surface area contributed by atoms with Gasteiger partial charge in [0.25, 0.3) is 0 Å². The second-order valence-electron chi connectivity index (χ2n) is 4.09. The highest BCUT2D eigenvalue weighted by Gasteiger charge is 2.05. The van der Waals surface area contributed by atoms with Crippen molar-refractivity contribution in [2.45, 2.75) is 6.42 Å². The lowest BCUT2D eigenvalue weighted by Crippen LogP contribution is -2.14. The van der Waals surface area contributed by atoms with E-state index >= 15 is 0 Å². The van der Waals surface area contributed by atoms with Crippen LogP contribution in [0.25, 0.3) is 0 Å². The Balaban J connectivity index is 2.01. The highest BCUT2D eigenvalue weighted by molar-refractivity contribution is 9.10. The molecule has 0 bridgehead atoms. The molecule has 0 saturated carbocycles. The lowest BCUT2D eigenvalue weighted by atomic mass is 10.1. The van der Waals surface area contributed by atoms with E-state index in [1.807, 2.05) is 48.5 Å². The van der Waals surface area contributed by atoms with Crippen LogP contribution in [0.15, 0.2) is 53.0 Å².